The van der Waals surface area contributed by atoms with Crippen LogP contribution in [-0.4, -0.2) is 33.4 Å². The van der Waals surface area contributed by atoms with Crippen LogP contribution in [-0.2, 0) is 14.8 Å². The van der Waals surface area contributed by atoms with E-state index in [1.54, 1.807) is 7.11 Å². The molecule has 1 rings (SSSR count). The Hall–Kier alpha value is -0.130. The third kappa shape index (κ3) is 3.25. The van der Waals surface area contributed by atoms with Crippen molar-refractivity contribution in [3.8, 4) is 0 Å². The molecule has 1 saturated carbocycles. The molecule has 0 bridgehead atoms. The predicted molar refractivity (Wildman–Crippen MR) is 51.0 cm³/mol. The lowest BCUT2D eigenvalue weighted by atomic mass is 9.90. The van der Waals surface area contributed by atoms with E-state index < -0.39 is 10.0 Å². The SMILES string of the molecule is CCCS(=O)(=O)NC1CC(OC)C1. The van der Waals surface area contributed by atoms with Gasteiger partial charge in [0.05, 0.1) is 11.9 Å². The zero-order valence-electron chi connectivity index (χ0n) is 8.12. The summed E-state index contributed by atoms with van der Waals surface area (Å²) >= 11 is 0. The van der Waals surface area contributed by atoms with Crippen molar-refractivity contribution in [2.24, 2.45) is 0 Å². The number of nitrogens with one attached hydrogen (secondary N) is 1. The van der Waals surface area contributed by atoms with Gasteiger partial charge in [0, 0.05) is 13.2 Å². The van der Waals surface area contributed by atoms with E-state index in [1.807, 2.05) is 6.92 Å². The fourth-order valence-corrected chi connectivity index (χ4v) is 2.79. The van der Waals surface area contributed by atoms with Crippen molar-refractivity contribution in [3.05, 3.63) is 0 Å². The van der Waals surface area contributed by atoms with E-state index in [2.05, 4.69) is 4.72 Å². The highest BCUT2D eigenvalue weighted by Gasteiger charge is 2.31. The van der Waals surface area contributed by atoms with Crippen LogP contribution in [0.15, 0.2) is 0 Å². The van der Waals surface area contributed by atoms with E-state index in [1.165, 1.54) is 0 Å². The van der Waals surface area contributed by atoms with Gasteiger partial charge in [-0.3, -0.25) is 0 Å². The first-order valence-corrected chi connectivity index (χ1v) is 6.25. The molecule has 0 aliphatic heterocycles. The van der Waals surface area contributed by atoms with Gasteiger partial charge in [0.25, 0.3) is 0 Å². The highest BCUT2D eigenvalue weighted by molar-refractivity contribution is 7.89. The van der Waals surface area contributed by atoms with Crippen molar-refractivity contribution >= 4 is 10.0 Å². The summed E-state index contributed by atoms with van der Waals surface area (Å²) in [5.74, 6) is 0.223. The van der Waals surface area contributed by atoms with Crippen molar-refractivity contribution in [2.75, 3.05) is 12.9 Å². The molecular weight excluding hydrogens is 190 g/mol. The van der Waals surface area contributed by atoms with Crippen molar-refractivity contribution in [1.82, 2.24) is 4.72 Å². The van der Waals surface area contributed by atoms with Crippen LogP contribution in [0.4, 0.5) is 0 Å². The predicted octanol–water partition coefficient (Wildman–Crippen LogP) is 0.493. The highest BCUT2D eigenvalue weighted by atomic mass is 32.2. The van der Waals surface area contributed by atoms with Gasteiger partial charge in [-0.1, -0.05) is 6.92 Å². The van der Waals surface area contributed by atoms with Crippen LogP contribution in [0, 0.1) is 0 Å². The number of sulfonamides is 1. The Morgan fingerprint density at radius 1 is 1.46 bits per heavy atom. The summed E-state index contributed by atoms with van der Waals surface area (Å²) < 4.78 is 30.3. The third-order valence-electron chi connectivity index (χ3n) is 2.25. The van der Waals surface area contributed by atoms with Gasteiger partial charge in [-0.25, -0.2) is 13.1 Å². The van der Waals surface area contributed by atoms with Gasteiger partial charge in [-0.05, 0) is 19.3 Å². The Balaban J connectivity index is 2.27. The monoisotopic (exact) mass is 207 g/mol. The molecule has 13 heavy (non-hydrogen) atoms. The lowest BCUT2D eigenvalue weighted by Crippen LogP contribution is -2.47. The van der Waals surface area contributed by atoms with Crippen LogP contribution in [0.2, 0.25) is 0 Å². The van der Waals surface area contributed by atoms with Crippen molar-refractivity contribution in [2.45, 2.75) is 38.3 Å². The summed E-state index contributed by atoms with van der Waals surface area (Å²) in [6.45, 7) is 1.86. The van der Waals surface area contributed by atoms with E-state index in [0.717, 1.165) is 12.8 Å². The number of hydrogen-bond donors (Lipinski definition) is 1. The summed E-state index contributed by atoms with van der Waals surface area (Å²) in [6.07, 6.45) is 2.52. The molecule has 0 spiro atoms. The fraction of sp³-hybridized carbons (Fsp3) is 1.00. The van der Waals surface area contributed by atoms with Crippen LogP contribution in [0.3, 0.4) is 0 Å². The molecule has 0 saturated heterocycles. The molecule has 78 valence electrons. The Morgan fingerprint density at radius 3 is 2.54 bits per heavy atom. The van der Waals surface area contributed by atoms with Crippen LogP contribution in [0.5, 0.6) is 0 Å². The van der Waals surface area contributed by atoms with Gasteiger partial charge in [-0.2, -0.15) is 0 Å². The topological polar surface area (TPSA) is 55.4 Å². The second kappa shape index (κ2) is 4.39. The maximum Gasteiger partial charge on any atom is 0.211 e. The molecule has 1 aliphatic carbocycles. The summed E-state index contributed by atoms with van der Waals surface area (Å²) in [4.78, 5) is 0. The van der Waals surface area contributed by atoms with Crippen molar-refractivity contribution in [3.63, 3.8) is 0 Å². The summed E-state index contributed by atoms with van der Waals surface area (Å²) in [5.41, 5.74) is 0. The zero-order chi connectivity index (χ0) is 9.90. The van der Waals surface area contributed by atoms with E-state index in [-0.39, 0.29) is 17.9 Å². The lowest BCUT2D eigenvalue weighted by Gasteiger charge is -2.34. The van der Waals surface area contributed by atoms with Gasteiger partial charge < -0.3 is 4.74 Å². The van der Waals surface area contributed by atoms with E-state index in [4.69, 9.17) is 4.74 Å². The molecule has 0 radical (unpaired) electrons. The molecule has 1 N–H and O–H groups in total. The van der Waals surface area contributed by atoms with E-state index >= 15 is 0 Å². The smallest absolute Gasteiger partial charge is 0.211 e. The number of hydrogen-bond acceptors (Lipinski definition) is 3. The van der Waals surface area contributed by atoms with Crippen LogP contribution < -0.4 is 4.72 Å². The first-order valence-electron chi connectivity index (χ1n) is 4.60. The normalized spacial score (nSPS) is 28.5. The van der Waals surface area contributed by atoms with Gasteiger partial charge >= 0.3 is 0 Å². The van der Waals surface area contributed by atoms with Crippen LogP contribution in [0.1, 0.15) is 26.2 Å². The zero-order valence-corrected chi connectivity index (χ0v) is 8.93. The first kappa shape index (κ1) is 10.9. The quantitative estimate of drug-likeness (QED) is 0.714. The Labute approximate surface area is 79.7 Å². The average molecular weight is 207 g/mol. The summed E-state index contributed by atoms with van der Waals surface area (Å²) in [6, 6.07) is 0.0986. The van der Waals surface area contributed by atoms with Crippen LogP contribution in [0.25, 0.3) is 0 Å². The van der Waals surface area contributed by atoms with Crippen LogP contribution >= 0.6 is 0 Å². The van der Waals surface area contributed by atoms with Gasteiger partial charge in [0.1, 0.15) is 0 Å². The molecule has 0 heterocycles. The minimum Gasteiger partial charge on any atom is -0.381 e. The Bertz CT molecular complexity index is 244. The molecule has 1 aliphatic rings. The second-order valence-corrected chi connectivity index (χ2v) is 5.34. The fourth-order valence-electron chi connectivity index (χ4n) is 1.44. The molecule has 0 aromatic rings. The maximum atomic E-state index is 11.3. The molecule has 0 aromatic carbocycles. The molecule has 0 unspecified atom stereocenters. The van der Waals surface area contributed by atoms with Crippen molar-refractivity contribution < 1.29 is 13.2 Å². The third-order valence-corrected chi connectivity index (χ3v) is 3.89. The average Bonchev–Trinajstić information content (AvgIpc) is 1.95. The first-order chi connectivity index (χ1) is 6.07. The van der Waals surface area contributed by atoms with Gasteiger partial charge in [-0.15, -0.1) is 0 Å². The minimum absolute atomic E-state index is 0.0986. The molecule has 1 fully saturated rings. The van der Waals surface area contributed by atoms with Gasteiger partial charge in [0.2, 0.25) is 10.0 Å². The molecule has 4 nitrogen and oxygen atoms in total. The summed E-state index contributed by atoms with van der Waals surface area (Å²) in [7, 11) is -1.37. The number of ether oxygens (including phenoxy) is 1. The largest absolute Gasteiger partial charge is 0.381 e. The molecule has 0 amide bonds. The summed E-state index contributed by atoms with van der Waals surface area (Å²) in [5, 5.41) is 0. The molecule has 5 heteroatoms. The second-order valence-electron chi connectivity index (χ2n) is 3.46. The molecule has 0 aromatic heterocycles. The lowest BCUT2D eigenvalue weighted by molar-refractivity contribution is 0.0236. The van der Waals surface area contributed by atoms with E-state index in [9.17, 15) is 8.42 Å². The maximum absolute atomic E-state index is 11.3. The number of rotatable bonds is 5. The standard InChI is InChI=1S/C8H17NO3S/c1-3-4-13(10,11)9-7-5-8(6-7)12-2/h7-9H,3-6H2,1-2H3. The highest BCUT2D eigenvalue weighted by Crippen LogP contribution is 2.23. The molecule has 0 atom stereocenters. The van der Waals surface area contributed by atoms with E-state index in [0.29, 0.717) is 6.42 Å². The Kier molecular flexibility index (Phi) is 3.70. The van der Waals surface area contributed by atoms with Crippen molar-refractivity contribution in [1.29, 1.82) is 0 Å². The molecular formula is C8H17NO3S. The Morgan fingerprint density at radius 2 is 2.08 bits per heavy atom. The number of methoxy groups -OCH3 is 1. The minimum atomic E-state index is -3.03. The van der Waals surface area contributed by atoms with Gasteiger partial charge in [0.15, 0.2) is 0 Å².